The van der Waals surface area contributed by atoms with E-state index in [0.29, 0.717) is 24.8 Å². The maximum atomic E-state index is 12.2. The topological polar surface area (TPSA) is 69.6 Å². The first-order valence-corrected chi connectivity index (χ1v) is 8.70. The minimum absolute atomic E-state index is 0.0808. The third-order valence-corrected chi connectivity index (χ3v) is 5.44. The Bertz CT molecular complexity index is 364. The summed E-state index contributed by atoms with van der Waals surface area (Å²) in [4.78, 5) is 24.9. The van der Waals surface area contributed by atoms with E-state index in [1.165, 1.54) is 6.42 Å². The molecule has 0 bridgehead atoms. The number of carbonyl (C=O) groups is 2. The Kier molecular flexibility index (Phi) is 5.57. The van der Waals surface area contributed by atoms with Crippen molar-refractivity contribution >= 4 is 23.8 Å². The third kappa shape index (κ3) is 4.04. The van der Waals surface area contributed by atoms with Crippen LogP contribution in [0, 0.1) is 5.92 Å². The molecule has 0 aromatic carbocycles. The zero-order valence-corrected chi connectivity index (χ0v) is 12.8. The average molecular weight is 300 g/mol. The summed E-state index contributed by atoms with van der Waals surface area (Å²) in [6, 6.07) is 0.168. The summed E-state index contributed by atoms with van der Waals surface area (Å²) in [5, 5.41) is 12.8. The summed E-state index contributed by atoms with van der Waals surface area (Å²) in [5.74, 6) is -1.19. The van der Waals surface area contributed by atoms with Crippen molar-refractivity contribution in [2.45, 2.75) is 49.8 Å². The van der Waals surface area contributed by atoms with Crippen LogP contribution in [-0.2, 0) is 4.79 Å². The number of hydrogen-bond acceptors (Lipinski definition) is 3. The molecule has 2 aliphatic rings. The van der Waals surface area contributed by atoms with Gasteiger partial charge in [0, 0.05) is 24.4 Å². The van der Waals surface area contributed by atoms with Crippen molar-refractivity contribution in [3.63, 3.8) is 0 Å². The fourth-order valence-corrected chi connectivity index (χ4v) is 3.95. The molecule has 2 fully saturated rings. The highest BCUT2D eigenvalue weighted by Crippen LogP contribution is 2.27. The molecule has 2 rings (SSSR count). The van der Waals surface area contributed by atoms with Crippen LogP contribution in [0.25, 0.3) is 0 Å². The zero-order valence-electron chi connectivity index (χ0n) is 12.0. The Morgan fingerprint density at radius 3 is 2.75 bits per heavy atom. The van der Waals surface area contributed by atoms with Crippen LogP contribution in [0.4, 0.5) is 4.79 Å². The van der Waals surface area contributed by atoms with E-state index in [2.05, 4.69) is 11.6 Å². The predicted octanol–water partition coefficient (Wildman–Crippen LogP) is 2.17. The third-order valence-electron chi connectivity index (χ3n) is 4.34. The van der Waals surface area contributed by atoms with E-state index in [0.717, 1.165) is 25.7 Å². The molecule has 0 aromatic rings. The van der Waals surface area contributed by atoms with E-state index in [-0.39, 0.29) is 12.1 Å². The first-order valence-electron chi connectivity index (χ1n) is 7.41. The number of likely N-dealkylation sites (tertiary alicyclic amines) is 1. The Balaban J connectivity index is 1.83. The molecule has 114 valence electrons. The fourth-order valence-electron chi connectivity index (χ4n) is 3.12. The average Bonchev–Trinajstić information content (AvgIpc) is 2.47. The highest BCUT2D eigenvalue weighted by Gasteiger charge is 2.30. The van der Waals surface area contributed by atoms with Crippen LogP contribution in [0.3, 0.4) is 0 Å². The van der Waals surface area contributed by atoms with Crippen LogP contribution in [0.2, 0.25) is 0 Å². The van der Waals surface area contributed by atoms with Gasteiger partial charge in [0.1, 0.15) is 0 Å². The first-order chi connectivity index (χ1) is 9.60. The van der Waals surface area contributed by atoms with Gasteiger partial charge in [0.05, 0.1) is 5.92 Å². The molecule has 5 nitrogen and oxygen atoms in total. The van der Waals surface area contributed by atoms with Crippen molar-refractivity contribution in [1.82, 2.24) is 10.2 Å². The number of aliphatic carboxylic acids is 1. The molecule has 1 aliphatic carbocycles. The molecule has 3 atom stereocenters. The molecule has 0 aromatic heterocycles. The monoisotopic (exact) mass is 300 g/mol. The van der Waals surface area contributed by atoms with Crippen molar-refractivity contribution in [2.24, 2.45) is 5.92 Å². The number of nitrogens with one attached hydrogen (secondary N) is 1. The normalized spacial score (nSPS) is 30.9. The van der Waals surface area contributed by atoms with Gasteiger partial charge in [-0.1, -0.05) is 6.42 Å². The lowest BCUT2D eigenvalue weighted by molar-refractivity contribution is -0.143. The molecule has 2 amide bonds. The van der Waals surface area contributed by atoms with Crippen LogP contribution < -0.4 is 5.32 Å². The number of urea groups is 1. The lowest BCUT2D eigenvalue weighted by Crippen LogP contribution is -2.50. The van der Waals surface area contributed by atoms with Crippen molar-refractivity contribution in [1.29, 1.82) is 0 Å². The van der Waals surface area contributed by atoms with Gasteiger partial charge in [-0.05, 0) is 38.4 Å². The second kappa shape index (κ2) is 7.20. The second-order valence-electron chi connectivity index (χ2n) is 5.79. The van der Waals surface area contributed by atoms with E-state index in [4.69, 9.17) is 5.11 Å². The second-order valence-corrected chi connectivity index (χ2v) is 6.93. The number of carboxylic acids is 1. The molecule has 1 saturated carbocycles. The number of thioether (sulfide) groups is 1. The molecule has 20 heavy (non-hydrogen) atoms. The van der Waals surface area contributed by atoms with Crippen LogP contribution >= 0.6 is 11.8 Å². The number of hydrogen-bond donors (Lipinski definition) is 2. The number of carboxylic acid groups (broad SMARTS) is 1. The van der Waals surface area contributed by atoms with Gasteiger partial charge < -0.3 is 15.3 Å². The standard InChI is InChI=1S/C14H24N2O3S/c1-20-12-6-2-5-11(8-12)15-14(19)16-7-3-4-10(9-16)13(17)18/h10-12H,2-9H2,1H3,(H,15,19)(H,17,18)/t10-,11?,12?/m1/s1. The van der Waals surface area contributed by atoms with Crippen LogP contribution in [-0.4, -0.2) is 52.6 Å². The zero-order chi connectivity index (χ0) is 14.5. The van der Waals surface area contributed by atoms with E-state index in [9.17, 15) is 9.59 Å². The highest BCUT2D eigenvalue weighted by molar-refractivity contribution is 7.99. The molecule has 2 N–H and O–H groups in total. The summed E-state index contributed by atoms with van der Waals surface area (Å²) in [5.41, 5.74) is 0. The van der Waals surface area contributed by atoms with E-state index < -0.39 is 11.9 Å². The molecule has 1 heterocycles. The number of amides is 2. The first kappa shape index (κ1) is 15.5. The molecule has 1 aliphatic heterocycles. The SMILES string of the molecule is CSC1CCCC(NC(=O)N2CCC[C@@H](C(=O)O)C2)C1. The van der Waals surface area contributed by atoms with Crippen LogP contribution in [0.5, 0.6) is 0 Å². The Labute approximate surface area is 124 Å². The fraction of sp³-hybridized carbons (Fsp3) is 0.857. The molecular weight excluding hydrogens is 276 g/mol. The van der Waals surface area contributed by atoms with Gasteiger partial charge >= 0.3 is 12.0 Å². The van der Waals surface area contributed by atoms with Gasteiger partial charge in [0.25, 0.3) is 0 Å². The lowest BCUT2D eigenvalue weighted by Gasteiger charge is -2.34. The summed E-state index contributed by atoms with van der Waals surface area (Å²) in [6.45, 7) is 1.02. The number of carbonyl (C=O) groups excluding carboxylic acids is 1. The minimum atomic E-state index is -0.789. The molecule has 6 heteroatoms. The Hall–Kier alpha value is -0.910. The van der Waals surface area contributed by atoms with E-state index in [1.807, 2.05) is 11.8 Å². The Morgan fingerprint density at radius 2 is 2.05 bits per heavy atom. The van der Waals surface area contributed by atoms with Gasteiger partial charge in [0.2, 0.25) is 0 Å². The van der Waals surface area contributed by atoms with E-state index in [1.54, 1.807) is 4.90 Å². The van der Waals surface area contributed by atoms with Gasteiger partial charge in [-0.2, -0.15) is 11.8 Å². The summed E-state index contributed by atoms with van der Waals surface area (Å²) in [6.07, 6.45) is 8.05. The quantitative estimate of drug-likeness (QED) is 0.838. The minimum Gasteiger partial charge on any atom is -0.481 e. The predicted molar refractivity (Wildman–Crippen MR) is 80.0 cm³/mol. The van der Waals surface area contributed by atoms with Crippen LogP contribution in [0.15, 0.2) is 0 Å². The van der Waals surface area contributed by atoms with Gasteiger partial charge in [-0.25, -0.2) is 4.79 Å². The largest absolute Gasteiger partial charge is 0.481 e. The van der Waals surface area contributed by atoms with Gasteiger partial charge in [0.15, 0.2) is 0 Å². The van der Waals surface area contributed by atoms with Crippen molar-refractivity contribution < 1.29 is 14.7 Å². The van der Waals surface area contributed by atoms with Gasteiger partial charge in [-0.15, -0.1) is 0 Å². The number of rotatable bonds is 3. The Morgan fingerprint density at radius 1 is 1.25 bits per heavy atom. The molecule has 0 radical (unpaired) electrons. The maximum Gasteiger partial charge on any atom is 0.317 e. The number of piperidine rings is 1. The van der Waals surface area contributed by atoms with Crippen molar-refractivity contribution in [3.8, 4) is 0 Å². The smallest absolute Gasteiger partial charge is 0.317 e. The summed E-state index contributed by atoms with van der Waals surface area (Å²) < 4.78 is 0. The maximum absolute atomic E-state index is 12.2. The molecule has 0 spiro atoms. The molecule has 1 saturated heterocycles. The van der Waals surface area contributed by atoms with E-state index >= 15 is 0 Å². The molecule has 2 unspecified atom stereocenters. The van der Waals surface area contributed by atoms with Gasteiger partial charge in [-0.3, -0.25) is 4.79 Å². The number of nitrogens with zero attached hydrogens (tertiary/aromatic N) is 1. The molecular formula is C14H24N2O3S. The van der Waals surface area contributed by atoms with Crippen molar-refractivity contribution in [2.75, 3.05) is 19.3 Å². The lowest BCUT2D eigenvalue weighted by atomic mass is 9.95. The summed E-state index contributed by atoms with van der Waals surface area (Å²) >= 11 is 1.87. The van der Waals surface area contributed by atoms with Crippen LogP contribution in [0.1, 0.15) is 38.5 Å². The van der Waals surface area contributed by atoms with Crippen molar-refractivity contribution in [3.05, 3.63) is 0 Å². The highest BCUT2D eigenvalue weighted by atomic mass is 32.2. The summed E-state index contributed by atoms with van der Waals surface area (Å²) in [7, 11) is 0.